The molecule has 2 heterocycles. The lowest BCUT2D eigenvalue weighted by Gasteiger charge is -2.23. The molecule has 1 aromatic rings. The van der Waals surface area contributed by atoms with Crippen molar-refractivity contribution < 1.29 is 13.9 Å². The molecule has 2 fully saturated rings. The van der Waals surface area contributed by atoms with Crippen molar-refractivity contribution in [3.05, 3.63) is 34.6 Å². The first-order valence-electron chi connectivity index (χ1n) is 6.93. The molecule has 20 heavy (non-hydrogen) atoms. The van der Waals surface area contributed by atoms with Crippen LogP contribution in [-0.2, 0) is 16.0 Å². The normalized spacial score (nSPS) is 30.4. The van der Waals surface area contributed by atoms with Gasteiger partial charge in [-0.15, -0.1) is 0 Å². The predicted octanol–water partition coefficient (Wildman–Crippen LogP) is 2.86. The van der Waals surface area contributed by atoms with E-state index in [-0.39, 0.29) is 22.5 Å². The number of hydrogen-bond donors (Lipinski definition) is 0. The average Bonchev–Trinajstić information content (AvgIpc) is 3.02. The Bertz CT molecular complexity index is 499. The minimum atomic E-state index is -0.352. The fourth-order valence-electron chi connectivity index (χ4n) is 3.20. The van der Waals surface area contributed by atoms with Crippen molar-refractivity contribution in [1.29, 1.82) is 0 Å². The minimum Gasteiger partial charge on any atom is -0.379 e. The van der Waals surface area contributed by atoms with Crippen LogP contribution in [0, 0.1) is 5.82 Å². The van der Waals surface area contributed by atoms with Gasteiger partial charge in [-0.05, 0) is 24.1 Å². The van der Waals surface area contributed by atoms with Gasteiger partial charge in [0, 0.05) is 33.2 Å². The van der Waals surface area contributed by atoms with Gasteiger partial charge in [0.2, 0.25) is 0 Å². The highest BCUT2D eigenvalue weighted by molar-refractivity contribution is 6.30. The Morgan fingerprint density at radius 3 is 3.10 bits per heavy atom. The molecule has 0 saturated carbocycles. The number of halogens is 2. The number of hydrogen-bond acceptors (Lipinski definition) is 3. The number of methoxy groups -OCH3 is 1. The van der Waals surface area contributed by atoms with Crippen LogP contribution in [0.3, 0.4) is 0 Å². The van der Waals surface area contributed by atoms with Gasteiger partial charge in [0.15, 0.2) is 0 Å². The molecule has 2 aliphatic rings. The van der Waals surface area contributed by atoms with Gasteiger partial charge < -0.3 is 9.47 Å². The lowest BCUT2D eigenvalue weighted by Crippen LogP contribution is -2.32. The van der Waals surface area contributed by atoms with Crippen molar-refractivity contribution in [2.75, 3.05) is 26.8 Å². The van der Waals surface area contributed by atoms with Crippen LogP contribution in [0.2, 0.25) is 5.02 Å². The van der Waals surface area contributed by atoms with Crippen molar-refractivity contribution in [1.82, 2.24) is 4.90 Å². The summed E-state index contributed by atoms with van der Waals surface area (Å²) in [6, 6.07) is 5.01. The van der Waals surface area contributed by atoms with Crippen LogP contribution in [0.5, 0.6) is 0 Å². The topological polar surface area (TPSA) is 21.7 Å². The molecule has 0 bridgehead atoms. The number of rotatable bonds is 3. The molecule has 5 heteroatoms. The molecule has 110 valence electrons. The van der Waals surface area contributed by atoms with E-state index in [1.165, 1.54) is 6.07 Å². The summed E-state index contributed by atoms with van der Waals surface area (Å²) in [6.45, 7) is 3.27. The fourth-order valence-corrected chi connectivity index (χ4v) is 3.31. The highest BCUT2D eigenvalue weighted by Gasteiger charge is 2.45. The van der Waals surface area contributed by atoms with E-state index < -0.39 is 0 Å². The number of ether oxygens (including phenoxy) is 2. The third kappa shape index (κ3) is 2.84. The second kappa shape index (κ2) is 5.60. The lowest BCUT2D eigenvalue weighted by molar-refractivity contribution is 0.00633. The lowest BCUT2D eigenvalue weighted by atomic mass is 9.98. The number of benzene rings is 1. The standard InChI is InChI=1S/C15H19ClFNO2/c1-19-12-7-15(20-9-12)4-5-18(10-15)8-11-2-3-13(16)14(17)6-11/h2-3,6,12H,4-5,7-10H2,1H3/t12-,15+/m0/s1. The molecule has 0 amide bonds. The van der Waals surface area contributed by atoms with E-state index in [9.17, 15) is 4.39 Å². The van der Waals surface area contributed by atoms with Crippen LogP contribution >= 0.6 is 11.6 Å². The Balaban J connectivity index is 1.62. The highest BCUT2D eigenvalue weighted by atomic mass is 35.5. The Labute approximate surface area is 123 Å². The number of nitrogens with zero attached hydrogens (tertiary/aromatic N) is 1. The van der Waals surface area contributed by atoms with Crippen LogP contribution in [0.4, 0.5) is 4.39 Å². The minimum absolute atomic E-state index is 0.0638. The smallest absolute Gasteiger partial charge is 0.142 e. The van der Waals surface area contributed by atoms with Crippen LogP contribution < -0.4 is 0 Å². The highest BCUT2D eigenvalue weighted by Crippen LogP contribution is 2.36. The van der Waals surface area contributed by atoms with Crippen molar-refractivity contribution in [2.45, 2.75) is 31.1 Å². The SMILES string of the molecule is CO[C@@H]1CO[C@]2(CCN(Cc3ccc(Cl)c(F)c3)C2)C1. The molecule has 2 saturated heterocycles. The molecule has 0 unspecified atom stereocenters. The molecule has 3 nitrogen and oxygen atoms in total. The maximum atomic E-state index is 13.5. The molecular weight excluding hydrogens is 281 g/mol. The van der Waals surface area contributed by atoms with Gasteiger partial charge in [-0.25, -0.2) is 4.39 Å². The third-order valence-corrected chi connectivity index (χ3v) is 4.60. The zero-order chi connectivity index (χ0) is 14.2. The van der Waals surface area contributed by atoms with Crippen molar-refractivity contribution in [3.63, 3.8) is 0 Å². The summed E-state index contributed by atoms with van der Waals surface area (Å²) >= 11 is 5.71. The van der Waals surface area contributed by atoms with Gasteiger partial charge in [-0.2, -0.15) is 0 Å². The van der Waals surface area contributed by atoms with Gasteiger partial charge in [0.25, 0.3) is 0 Å². The van der Waals surface area contributed by atoms with Gasteiger partial charge in [0.05, 0.1) is 23.3 Å². The Morgan fingerprint density at radius 1 is 1.55 bits per heavy atom. The van der Waals surface area contributed by atoms with Crippen LogP contribution in [0.15, 0.2) is 18.2 Å². The summed E-state index contributed by atoms with van der Waals surface area (Å²) in [7, 11) is 1.73. The average molecular weight is 300 g/mol. The maximum absolute atomic E-state index is 13.5. The Kier molecular flexibility index (Phi) is 4.00. The van der Waals surface area contributed by atoms with Gasteiger partial charge in [-0.1, -0.05) is 17.7 Å². The monoisotopic (exact) mass is 299 g/mol. The molecule has 2 atom stereocenters. The van der Waals surface area contributed by atoms with Crippen LogP contribution in [0.1, 0.15) is 18.4 Å². The molecule has 0 radical (unpaired) electrons. The molecule has 3 rings (SSSR count). The number of likely N-dealkylation sites (tertiary alicyclic amines) is 1. The summed E-state index contributed by atoms with van der Waals surface area (Å²) in [5, 5.41) is 0.175. The summed E-state index contributed by atoms with van der Waals surface area (Å²) in [6.07, 6.45) is 2.18. The van der Waals surface area contributed by atoms with Crippen LogP contribution in [0.25, 0.3) is 0 Å². The second-order valence-electron chi connectivity index (χ2n) is 5.76. The van der Waals surface area contributed by atoms with E-state index in [1.54, 1.807) is 13.2 Å². The van der Waals surface area contributed by atoms with E-state index in [0.29, 0.717) is 6.61 Å². The first-order valence-corrected chi connectivity index (χ1v) is 7.31. The predicted molar refractivity (Wildman–Crippen MR) is 75.4 cm³/mol. The zero-order valence-electron chi connectivity index (χ0n) is 11.6. The largest absolute Gasteiger partial charge is 0.379 e. The Morgan fingerprint density at radius 2 is 2.40 bits per heavy atom. The van der Waals surface area contributed by atoms with Gasteiger partial charge in [-0.3, -0.25) is 4.90 Å². The molecule has 0 aromatic heterocycles. The van der Waals surface area contributed by atoms with Crippen molar-refractivity contribution in [2.24, 2.45) is 0 Å². The molecule has 0 N–H and O–H groups in total. The van der Waals surface area contributed by atoms with Crippen molar-refractivity contribution in [3.8, 4) is 0 Å². The van der Waals surface area contributed by atoms with Gasteiger partial charge in [0.1, 0.15) is 5.82 Å². The first kappa shape index (κ1) is 14.3. The summed E-state index contributed by atoms with van der Waals surface area (Å²) in [4.78, 5) is 2.31. The van der Waals surface area contributed by atoms with E-state index in [0.717, 1.165) is 38.0 Å². The molecule has 2 aliphatic heterocycles. The maximum Gasteiger partial charge on any atom is 0.142 e. The van der Waals surface area contributed by atoms with E-state index in [2.05, 4.69) is 4.90 Å². The fraction of sp³-hybridized carbons (Fsp3) is 0.600. The quantitative estimate of drug-likeness (QED) is 0.857. The van der Waals surface area contributed by atoms with E-state index >= 15 is 0 Å². The zero-order valence-corrected chi connectivity index (χ0v) is 12.3. The van der Waals surface area contributed by atoms with E-state index in [1.807, 2.05) is 6.07 Å². The second-order valence-corrected chi connectivity index (χ2v) is 6.17. The molecule has 0 aliphatic carbocycles. The summed E-state index contributed by atoms with van der Waals surface area (Å²) in [5.41, 5.74) is 0.885. The molecular formula is C15H19ClFNO2. The summed E-state index contributed by atoms with van der Waals surface area (Å²) < 4.78 is 24.8. The molecule has 1 aromatic carbocycles. The van der Waals surface area contributed by atoms with E-state index in [4.69, 9.17) is 21.1 Å². The first-order chi connectivity index (χ1) is 9.60. The van der Waals surface area contributed by atoms with Crippen LogP contribution in [-0.4, -0.2) is 43.4 Å². The summed E-state index contributed by atoms with van der Waals surface area (Å²) in [5.74, 6) is -0.352. The van der Waals surface area contributed by atoms with Crippen molar-refractivity contribution >= 4 is 11.6 Å². The molecule has 1 spiro atoms. The third-order valence-electron chi connectivity index (χ3n) is 4.29. The Hall–Kier alpha value is -0.680. The van der Waals surface area contributed by atoms with Gasteiger partial charge >= 0.3 is 0 Å².